The summed E-state index contributed by atoms with van der Waals surface area (Å²) in [5, 5.41) is 14.1. The second-order valence-electron chi connectivity index (χ2n) is 9.84. The van der Waals surface area contributed by atoms with Crippen LogP contribution in [0.2, 0.25) is 0 Å². The van der Waals surface area contributed by atoms with Crippen molar-refractivity contribution in [1.29, 1.82) is 0 Å². The van der Waals surface area contributed by atoms with Gasteiger partial charge in [-0.2, -0.15) is 0 Å². The number of hydrogen-bond donors (Lipinski definition) is 1. The quantitative estimate of drug-likeness (QED) is 0.368. The van der Waals surface area contributed by atoms with Gasteiger partial charge < -0.3 is 19.1 Å². The fourth-order valence-electron chi connectivity index (χ4n) is 5.14. The van der Waals surface area contributed by atoms with Crippen molar-refractivity contribution in [2.75, 3.05) is 19.7 Å². The van der Waals surface area contributed by atoms with Crippen LogP contribution in [0.1, 0.15) is 47.1 Å². The van der Waals surface area contributed by atoms with E-state index in [0.29, 0.717) is 25.1 Å². The predicted octanol–water partition coefficient (Wildman–Crippen LogP) is 4.14. The molecule has 9 nitrogen and oxygen atoms in total. The Labute approximate surface area is 215 Å². The minimum Gasteiger partial charge on any atom is -0.478 e. The monoisotopic (exact) mass is 501 g/mol. The molecule has 192 valence electrons. The lowest BCUT2D eigenvalue weighted by Gasteiger charge is -2.32. The van der Waals surface area contributed by atoms with Crippen LogP contribution in [-0.4, -0.2) is 61.1 Å². The maximum absolute atomic E-state index is 11.5. The van der Waals surface area contributed by atoms with Crippen LogP contribution in [0.15, 0.2) is 60.8 Å². The van der Waals surface area contributed by atoms with Gasteiger partial charge in [-0.3, -0.25) is 9.58 Å². The summed E-state index contributed by atoms with van der Waals surface area (Å²) in [6.07, 6.45) is 5.18. The number of aromatic carboxylic acids is 1. The minimum absolute atomic E-state index is 0.161. The molecule has 2 aliphatic rings. The lowest BCUT2D eigenvalue weighted by Crippen LogP contribution is -2.36. The molecule has 0 spiro atoms. The van der Waals surface area contributed by atoms with Crippen LogP contribution >= 0.6 is 0 Å². The molecule has 9 heteroatoms. The van der Waals surface area contributed by atoms with Gasteiger partial charge in [-0.05, 0) is 43.0 Å². The Hall–Kier alpha value is -3.69. The summed E-state index contributed by atoms with van der Waals surface area (Å²) < 4.78 is 15.7. The Bertz CT molecular complexity index is 1370. The second-order valence-corrected chi connectivity index (χ2v) is 9.84. The highest BCUT2D eigenvalue weighted by atomic mass is 16.5. The van der Waals surface area contributed by atoms with Crippen LogP contribution in [0.3, 0.4) is 0 Å². The number of carboxylic acid groups (broad SMARTS) is 1. The van der Waals surface area contributed by atoms with Crippen molar-refractivity contribution >= 4 is 17.0 Å². The van der Waals surface area contributed by atoms with Gasteiger partial charge in [0.2, 0.25) is 5.88 Å². The van der Waals surface area contributed by atoms with Gasteiger partial charge in [0.05, 0.1) is 41.8 Å². The smallest absolute Gasteiger partial charge is 0.335 e. The van der Waals surface area contributed by atoms with E-state index in [0.717, 1.165) is 67.9 Å². The predicted molar refractivity (Wildman–Crippen MR) is 138 cm³/mol. The first-order valence-corrected chi connectivity index (χ1v) is 12.9. The molecule has 2 fully saturated rings. The van der Waals surface area contributed by atoms with E-state index in [1.54, 1.807) is 12.1 Å². The topological polar surface area (TPSA) is 94.6 Å². The maximum atomic E-state index is 11.5. The third kappa shape index (κ3) is 5.23. The van der Waals surface area contributed by atoms with Crippen LogP contribution in [0, 0.1) is 0 Å². The van der Waals surface area contributed by atoms with Gasteiger partial charge in [0, 0.05) is 32.0 Å². The molecule has 4 aromatic rings. The molecule has 37 heavy (non-hydrogen) atoms. The van der Waals surface area contributed by atoms with E-state index in [2.05, 4.69) is 14.6 Å². The SMILES string of the molecule is O=C(O)c1ccc2nc(CN3CCC(n4ccc(OCc5ccccc5)n4)CC3)n(C[C@@H]3CCO3)c2c1. The van der Waals surface area contributed by atoms with Crippen molar-refractivity contribution in [2.45, 2.75) is 51.1 Å². The highest BCUT2D eigenvalue weighted by Crippen LogP contribution is 2.27. The first-order valence-electron chi connectivity index (χ1n) is 12.9. The van der Waals surface area contributed by atoms with Crippen molar-refractivity contribution < 1.29 is 19.4 Å². The van der Waals surface area contributed by atoms with Crippen molar-refractivity contribution in [2.24, 2.45) is 0 Å². The summed E-state index contributed by atoms with van der Waals surface area (Å²) >= 11 is 0. The number of carboxylic acids is 1. The average Bonchev–Trinajstić information content (AvgIpc) is 3.50. The van der Waals surface area contributed by atoms with E-state index < -0.39 is 5.97 Å². The molecule has 4 heterocycles. The minimum atomic E-state index is -0.926. The maximum Gasteiger partial charge on any atom is 0.335 e. The number of ether oxygens (including phenoxy) is 2. The molecule has 1 atom stereocenters. The van der Waals surface area contributed by atoms with Crippen LogP contribution in [0.25, 0.3) is 11.0 Å². The molecule has 2 aromatic heterocycles. The molecule has 2 aromatic carbocycles. The molecule has 0 bridgehead atoms. The van der Waals surface area contributed by atoms with Crippen LogP contribution in [-0.2, 0) is 24.4 Å². The summed E-state index contributed by atoms with van der Waals surface area (Å²) in [5.74, 6) is 0.687. The number of fused-ring (bicyclic) bond motifs is 1. The van der Waals surface area contributed by atoms with E-state index >= 15 is 0 Å². The zero-order valence-electron chi connectivity index (χ0n) is 20.7. The number of piperidine rings is 1. The summed E-state index contributed by atoms with van der Waals surface area (Å²) in [7, 11) is 0. The highest BCUT2D eigenvalue weighted by molar-refractivity contribution is 5.92. The fraction of sp³-hybridized carbons (Fsp3) is 0.393. The van der Waals surface area contributed by atoms with Crippen molar-refractivity contribution in [3.63, 3.8) is 0 Å². The number of imidazole rings is 1. The van der Waals surface area contributed by atoms with Gasteiger partial charge in [0.15, 0.2) is 0 Å². The lowest BCUT2D eigenvalue weighted by atomic mass is 10.1. The molecule has 0 aliphatic carbocycles. The largest absolute Gasteiger partial charge is 0.478 e. The van der Waals surface area contributed by atoms with Crippen molar-refractivity contribution in [1.82, 2.24) is 24.2 Å². The molecule has 6 rings (SSSR count). The molecule has 0 unspecified atom stereocenters. The standard InChI is InChI=1S/C28H31N5O4/c34-28(35)21-6-7-24-25(16-21)32(17-23-11-15-36-23)26(29-24)18-31-12-8-22(9-13-31)33-14-10-27(30-33)37-19-20-4-2-1-3-5-20/h1-7,10,14,16,22-23H,8-9,11-13,15,17-19H2,(H,34,35)/t23-/m0/s1. The molecule has 2 aliphatic heterocycles. The van der Waals surface area contributed by atoms with Gasteiger partial charge in [-0.1, -0.05) is 30.3 Å². The number of hydrogen-bond acceptors (Lipinski definition) is 6. The molecule has 0 amide bonds. The average molecular weight is 502 g/mol. The van der Waals surface area contributed by atoms with E-state index in [9.17, 15) is 9.90 Å². The number of nitrogens with zero attached hydrogens (tertiary/aromatic N) is 5. The Morgan fingerprint density at radius 1 is 1.08 bits per heavy atom. The molecule has 0 saturated carbocycles. The first-order chi connectivity index (χ1) is 18.1. The second kappa shape index (κ2) is 10.4. The molecular formula is C28H31N5O4. The lowest BCUT2D eigenvalue weighted by molar-refractivity contribution is -0.0592. The Morgan fingerprint density at radius 2 is 1.89 bits per heavy atom. The Morgan fingerprint density at radius 3 is 2.62 bits per heavy atom. The molecule has 0 radical (unpaired) electrons. The Balaban J connectivity index is 1.10. The molecular weight excluding hydrogens is 470 g/mol. The molecule has 1 N–H and O–H groups in total. The van der Waals surface area contributed by atoms with Gasteiger partial charge in [-0.25, -0.2) is 9.78 Å². The third-order valence-corrected chi connectivity index (χ3v) is 7.36. The van der Waals surface area contributed by atoms with Crippen LogP contribution < -0.4 is 4.74 Å². The number of benzene rings is 2. The van der Waals surface area contributed by atoms with Gasteiger partial charge in [0.25, 0.3) is 0 Å². The number of aromatic nitrogens is 4. The normalized spacial score (nSPS) is 18.6. The van der Waals surface area contributed by atoms with Gasteiger partial charge >= 0.3 is 5.97 Å². The number of rotatable bonds is 9. The molecule has 2 saturated heterocycles. The van der Waals surface area contributed by atoms with Crippen molar-refractivity contribution in [3.05, 3.63) is 77.7 Å². The summed E-state index contributed by atoms with van der Waals surface area (Å²) in [5.41, 5.74) is 3.09. The van der Waals surface area contributed by atoms with E-state index in [1.165, 1.54) is 0 Å². The zero-order chi connectivity index (χ0) is 25.2. The van der Waals surface area contributed by atoms with E-state index in [1.807, 2.05) is 53.3 Å². The first kappa shape index (κ1) is 23.7. The zero-order valence-corrected chi connectivity index (χ0v) is 20.7. The van der Waals surface area contributed by atoms with Crippen LogP contribution in [0.5, 0.6) is 5.88 Å². The van der Waals surface area contributed by atoms with Gasteiger partial charge in [0.1, 0.15) is 12.4 Å². The summed E-state index contributed by atoms with van der Waals surface area (Å²) in [6.45, 7) is 4.60. The third-order valence-electron chi connectivity index (χ3n) is 7.36. The van der Waals surface area contributed by atoms with E-state index in [-0.39, 0.29) is 11.7 Å². The Kier molecular flexibility index (Phi) is 6.63. The number of carbonyl (C=O) groups is 1. The summed E-state index contributed by atoms with van der Waals surface area (Å²) in [6, 6.07) is 17.5. The fourth-order valence-corrected chi connectivity index (χ4v) is 5.14. The highest BCUT2D eigenvalue weighted by Gasteiger charge is 2.26. The number of likely N-dealkylation sites (tertiary alicyclic amines) is 1. The van der Waals surface area contributed by atoms with Crippen LogP contribution in [0.4, 0.5) is 0 Å². The van der Waals surface area contributed by atoms with Crippen molar-refractivity contribution in [3.8, 4) is 5.88 Å². The van der Waals surface area contributed by atoms with Gasteiger partial charge in [-0.15, -0.1) is 5.10 Å². The van der Waals surface area contributed by atoms with E-state index in [4.69, 9.17) is 14.5 Å². The summed E-state index contributed by atoms with van der Waals surface area (Å²) in [4.78, 5) is 18.8.